The standard InChI is InChI=1S/C14H9BrIN3/c15-9-6-13-14(18-8-9)12(4-5-17-13)19-11-3-1-2-10(16)7-11/h1-8H,(H,17,19). The summed E-state index contributed by atoms with van der Waals surface area (Å²) in [5.41, 5.74) is 3.73. The zero-order valence-electron chi connectivity index (χ0n) is 9.77. The van der Waals surface area contributed by atoms with Gasteiger partial charge in [-0.1, -0.05) is 6.07 Å². The molecule has 5 heteroatoms. The van der Waals surface area contributed by atoms with Crippen LogP contribution in [-0.2, 0) is 0 Å². The Morgan fingerprint density at radius 1 is 1.11 bits per heavy atom. The number of rotatable bonds is 2. The summed E-state index contributed by atoms with van der Waals surface area (Å²) >= 11 is 5.71. The van der Waals surface area contributed by atoms with Crippen LogP contribution in [0.25, 0.3) is 11.0 Å². The predicted molar refractivity (Wildman–Crippen MR) is 89.7 cm³/mol. The average molecular weight is 426 g/mol. The van der Waals surface area contributed by atoms with E-state index in [1.54, 1.807) is 12.4 Å². The molecule has 0 spiro atoms. The van der Waals surface area contributed by atoms with Crippen molar-refractivity contribution in [2.75, 3.05) is 5.32 Å². The molecule has 0 fully saturated rings. The summed E-state index contributed by atoms with van der Waals surface area (Å²) in [6.07, 6.45) is 3.57. The van der Waals surface area contributed by atoms with Gasteiger partial charge in [0.2, 0.25) is 0 Å². The van der Waals surface area contributed by atoms with Crippen LogP contribution in [-0.4, -0.2) is 9.97 Å². The second-order valence-corrected chi connectivity index (χ2v) is 6.18. The van der Waals surface area contributed by atoms with Gasteiger partial charge in [-0.05, 0) is 68.9 Å². The summed E-state index contributed by atoms with van der Waals surface area (Å²) in [6.45, 7) is 0. The van der Waals surface area contributed by atoms with Crippen LogP contribution >= 0.6 is 38.5 Å². The Hall–Kier alpha value is -1.21. The number of pyridine rings is 2. The van der Waals surface area contributed by atoms with Crippen LogP contribution in [0.4, 0.5) is 11.4 Å². The highest BCUT2D eigenvalue weighted by atomic mass is 127. The van der Waals surface area contributed by atoms with Crippen LogP contribution in [0.5, 0.6) is 0 Å². The van der Waals surface area contributed by atoms with Gasteiger partial charge in [0.1, 0.15) is 5.52 Å². The van der Waals surface area contributed by atoms with Gasteiger partial charge in [0, 0.05) is 26.1 Å². The van der Waals surface area contributed by atoms with Crippen molar-refractivity contribution in [3.05, 3.63) is 56.8 Å². The Bertz CT molecular complexity index is 746. The molecule has 3 aromatic rings. The summed E-state index contributed by atoms with van der Waals surface area (Å²) in [4.78, 5) is 8.75. The molecule has 3 nitrogen and oxygen atoms in total. The zero-order valence-corrected chi connectivity index (χ0v) is 13.5. The number of anilines is 2. The van der Waals surface area contributed by atoms with Gasteiger partial charge in [0.25, 0.3) is 0 Å². The molecule has 0 atom stereocenters. The molecule has 94 valence electrons. The van der Waals surface area contributed by atoms with Gasteiger partial charge in [-0.15, -0.1) is 0 Å². The molecule has 0 saturated carbocycles. The average Bonchev–Trinajstić information content (AvgIpc) is 2.38. The first-order chi connectivity index (χ1) is 9.22. The topological polar surface area (TPSA) is 37.8 Å². The van der Waals surface area contributed by atoms with Gasteiger partial charge in [-0.25, -0.2) is 0 Å². The summed E-state index contributed by atoms with van der Waals surface area (Å²) in [5.74, 6) is 0. The zero-order chi connectivity index (χ0) is 13.2. The van der Waals surface area contributed by atoms with Gasteiger partial charge < -0.3 is 5.32 Å². The monoisotopic (exact) mass is 425 g/mol. The van der Waals surface area contributed by atoms with E-state index in [0.717, 1.165) is 26.9 Å². The van der Waals surface area contributed by atoms with Crippen molar-refractivity contribution in [3.8, 4) is 0 Å². The minimum absolute atomic E-state index is 0.865. The van der Waals surface area contributed by atoms with Crippen molar-refractivity contribution in [1.29, 1.82) is 0 Å². The number of nitrogens with zero attached hydrogens (tertiary/aromatic N) is 2. The number of hydrogen-bond acceptors (Lipinski definition) is 3. The maximum atomic E-state index is 4.43. The fourth-order valence-electron chi connectivity index (χ4n) is 1.83. The number of aromatic nitrogens is 2. The van der Waals surface area contributed by atoms with E-state index < -0.39 is 0 Å². The van der Waals surface area contributed by atoms with Crippen molar-refractivity contribution in [2.45, 2.75) is 0 Å². The summed E-state index contributed by atoms with van der Waals surface area (Å²) < 4.78 is 2.12. The molecule has 0 radical (unpaired) electrons. The largest absolute Gasteiger partial charge is 0.354 e. The highest BCUT2D eigenvalue weighted by molar-refractivity contribution is 14.1. The summed E-state index contributed by atoms with van der Waals surface area (Å²) in [5, 5.41) is 3.38. The number of halogens is 2. The Morgan fingerprint density at radius 3 is 2.84 bits per heavy atom. The fourth-order valence-corrected chi connectivity index (χ4v) is 2.69. The second-order valence-electron chi connectivity index (χ2n) is 4.02. The Morgan fingerprint density at radius 2 is 2.00 bits per heavy atom. The van der Waals surface area contributed by atoms with E-state index in [1.165, 1.54) is 3.57 Å². The molecule has 0 saturated heterocycles. The minimum atomic E-state index is 0.865. The van der Waals surface area contributed by atoms with E-state index in [9.17, 15) is 0 Å². The molecule has 1 N–H and O–H groups in total. The maximum absolute atomic E-state index is 4.43. The van der Waals surface area contributed by atoms with E-state index in [1.807, 2.05) is 24.3 Å². The lowest BCUT2D eigenvalue weighted by Gasteiger charge is -2.09. The lowest BCUT2D eigenvalue weighted by molar-refractivity contribution is 1.32. The van der Waals surface area contributed by atoms with E-state index >= 15 is 0 Å². The van der Waals surface area contributed by atoms with Gasteiger partial charge in [0.05, 0.1) is 11.2 Å². The third kappa shape index (κ3) is 2.87. The first-order valence-electron chi connectivity index (χ1n) is 5.65. The Balaban J connectivity index is 2.06. The molecule has 0 amide bonds. The molecule has 0 aliphatic heterocycles. The normalized spacial score (nSPS) is 10.6. The molecule has 19 heavy (non-hydrogen) atoms. The molecule has 0 aliphatic rings. The van der Waals surface area contributed by atoms with E-state index in [2.05, 4.69) is 65.9 Å². The molecule has 2 heterocycles. The molecular formula is C14H9BrIN3. The molecule has 0 bridgehead atoms. The SMILES string of the molecule is Brc1cnc2c(Nc3cccc(I)c3)ccnc2c1. The second kappa shape index (κ2) is 5.42. The van der Waals surface area contributed by atoms with Gasteiger partial charge in [-0.2, -0.15) is 0 Å². The van der Waals surface area contributed by atoms with E-state index in [4.69, 9.17) is 0 Å². The minimum Gasteiger partial charge on any atom is -0.354 e. The Labute approximate surface area is 132 Å². The fraction of sp³-hybridized carbons (Fsp3) is 0. The highest BCUT2D eigenvalue weighted by Crippen LogP contribution is 2.25. The van der Waals surface area contributed by atoms with E-state index in [-0.39, 0.29) is 0 Å². The number of fused-ring (bicyclic) bond motifs is 1. The van der Waals surface area contributed by atoms with Crippen LogP contribution in [0.15, 0.2) is 53.3 Å². The van der Waals surface area contributed by atoms with Gasteiger partial charge in [-0.3, -0.25) is 9.97 Å². The third-order valence-electron chi connectivity index (χ3n) is 2.65. The van der Waals surface area contributed by atoms with Crippen LogP contribution in [0.2, 0.25) is 0 Å². The van der Waals surface area contributed by atoms with Crippen molar-refractivity contribution in [2.24, 2.45) is 0 Å². The highest BCUT2D eigenvalue weighted by Gasteiger charge is 2.04. The summed E-state index contributed by atoms with van der Waals surface area (Å²) in [7, 11) is 0. The van der Waals surface area contributed by atoms with Gasteiger partial charge in [0.15, 0.2) is 0 Å². The molecule has 1 aromatic carbocycles. The summed E-state index contributed by atoms with van der Waals surface area (Å²) in [6, 6.07) is 12.1. The van der Waals surface area contributed by atoms with E-state index in [0.29, 0.717) is 0 Å². The first-order valence-corrected chi connectivity index (χ1v) is 7.52. The lowest BCUT2D eigenvalue weighted by atomic mass is 10.2. The van der Waals surface area contributed by atoms with Crippen molar-refractivity contribution >= 4 is 60.9 Å². The smallest absolute Gasteiger partial charge is 0.112 e. The molecular weight excluding hydrogens is 417 g/mol. The van der Waals surface area contributed by atoms with Crippen LogP contribution in [0, 0.1) is 3.57 Å². The van der Waals surface area contributed by atoms with Crippen LogP contribution in [0.3, 0.4) is 0 Å². The van der Waals surface area contributed by atoms with Gasteiger partial charge >= 0.3 is 0 Å². The predicted octanol–water partition coefficient (Wildman–Crippen LogP) is 4.74. The number of benzene rings is 1. The molecule has 0 aliphatic carbocycles. The van der Waals surface area contributed by atoms with Crippen molar-refractivity contribution < 1.29 is 0 Å². The van der Waals surface area contributed by atoms with Crippen molar-refractivity contribution in [3.63, 3.8) is 0 Å². The number of hydrogen-bond donors (Lipinski definition) is 1. The maximum Gasteiger partial charge on any atom is 0.112 e. The van der Waals surface area contributed by atoms with Crippen molar-refractivity contribution in [1.82, 2.24) is 9.97 Å². The first kappa shape index (κ1) is 12.8. The Kier molecular flexibility index (Phi) is 3.65. The third-order valence-corrected chi connectivity index (χ3v) is 3.75. The molecule has 0 unspecified atom stereocenters. The quantitative estimate of drug-likeness (QED) is 0.602. The molecule has 2 aromatic heterocycles. The molecule has 3 rings (SSSR count). The lowest BCUT2D eigenvalue weighted by Crippen LogP contribution is -1.94. The van der Waals surface area contributed by atoms with Crippen LogP contribution in [0.1, 0.15) is 0 Å². The van der Waals surface area contributed by atoms with Crippen LogP contribution < -0.4 is 5.32 Å². The number of nitrogens with one attached hydrogen (secondary N) is 1.